The number of thiophene rings is 1. The van der Waals surface area contributed by atoms with Crippen LogP contribution < -0.4 is 10.6 Å². The van der Waals surface area contributed by atoms with Crippen LogP contribution in [0.1, 0.15) is 27.9 Å². The molecule has 4 rings (SSSR count). The number of urea groups is 1. The van der Waals surface area contributed by atoms with Crippen molar-refractivity contribution >= 4 is 40.5 Å². The molecule has 2 aromatic heterocycles. The SMILES string of the molecule is Cc1ccc(C2(C)NC(=O)N(CC(=O)NCCc3ccc(-c4csc(C)n4)s3)C2=O)cc1. The van der Waals surface area contributed by atoms with Crippen molar-refractivity contribution in [2.24, 2.45) is 0 Å². The molecule has 0 bridgehead atoms. The summed E-state index contributed by atoms with van der Waals surface area (Å²) in [6.07, 6.45) is 0.667. The van der Waals surface area contributed by atoms with E-state index in [9.17, 15) is 14.4 Å². The Hall–Kier alpha value is -3.04. The van der Waals surface area contributed by atoms with Crippen LogP contribution in [0.5, 0.6) is 0 Å². The molecule has 4 amide bonds. The van der Waals surface area contributed by atoms with Crippen molar-refractivity contribution in [2.75, 3.05) is 13.1 Å². The lowest BCUT2D eigenvalue weighted by molar-refractivity contribution is -0.134. The maximum absolute atomic E-state index is 13.0. The zero-order valence-electron chi connectivity index (χ0n) is 18.1. The molecule has 3 aromatic rings. The fourth-order valence-corrected chi connectivity index (χ4v) is 5.23. The van der Waals surface area contributed by atoms with Gasteiger partial charge in [0.05, 0.1) is 15.6 Å². The molecule has 166 valence electrons. The lowest BCUT2D eigenvalue weighted by Gasteiger charge is -2.22. The average molecular weight is 469 g/mol. The van der Waals surface area contributed by atoms with Gasteiger partial charge in [-0.05, 0) is 44.9 Å². The number of nitrogens with one attached hydrogen (secondary N) is 2. The molecule has 2 N–H and O–H groups in total. The fourth-order valence-electron chi connectivity index (χ4n) is 3.57. The summed E-state index contributed by atoms with van der Waals surface area (Å²) in [4.78, 5) is 45.5. The number of benzene rings is 1. The first-order valence-corrected chi connectivity index (χ1v) is 11.9. The van der Waals surface area contributed by atoms with Crippen LogP contribution in [0.4, 0.5) is 4.79 Å². The lowest BCUT2D eigenvalue weighted by Crippen LogP contribution is -2.43. The standard InChI is InChI=1S/C23H24N4O3S2/c1-14-4-6-16(7-5-14)23(3)21(29)27(22(30)26-23)12-20(28)24-11-10-17-8-9-19(32-17)18-13-31-15(2)25-18/h4-9,13H,10-12H2,1-3H3,(H,24,28)(H,26,30). The third kappa shape index (κ3) is 4.44. The highest BCUT2D eigenvalue weighted by Gasteiger charge is 2.49. The molecule has 0 spiro atoms. The van der Waals surface area contributed by atoms with E-state index < -0.39 is 17.5 Å². The van der Waals surface area contributed by atoms with Crippen LogP contribution >= 0.6 is 22.7 Å². The minimum absolute atomic E-state index is 0.306. The molecule has 1 atom stereocenters. The second-order valence-electron chi connectivity index (χ2n) is 7.93. The highest BCUT2D eigenvalue weighted by molar-refractivity contribution is 7.16. The third-order valence-corrected chi connectivity index (χ3v) is 7.37. The molecule has 1 unspecified atom stereocenters. The van der Waals surface area contributed by atoms with Crippen molar-refractivity contribution in [3.05, 3.63) is 62.8 Å². The van der Waals surface area contributed by atoms with Crippen molar-refractivity contribution in [1.29, 1.82) is 0 Å². The Labute approximate surface area is 194 Å². The van der Waals surface area contributed by atoms with E-state index in [1.54, 1.807) is 29.6 Å². The molecule has 1 aliphatic rings. The minimum Gasteiger partial charge on any atom is -0.354 e. The van der Waals surface area contributed by atoms with Gasteiger partial charge in [-0.15, -0.1) is 22.7 Å². The normalized spacial score (nSPS) is 18.2. The topological polar surface area (TPSA) is 91.4 Å². The molecule has 0 saturated carbocycles. The Balaban J connectivity index is 1.31. The van der Waals surface area contributed by atoms with Crippen molar-refractivity contribution in [1.82, 2.24) is 20.5 Å². The molecule has 1 aromatic carbocycles. The zero-order valence-corrected chi connectivity index (χ0v) is 19.7. The smallest absolute Gasteiger partial charge is 0.325 e. The Kier molecular flexibility index (Phi) is 6.12. The van der Waals surface area contributed by atoms with Crippen molar-refractivity contribution in [3.63, 3.8) is 0 Å². The van der Waals surface area contributed by atoms with Gasteiger partial charge in [0.25, 0.3) is 5.91 Å². The van der Waals surface area contributed by atoms with E-state index in [1.807, 2.05) is 55.6 Å². The predicted octanol–water partition coefficient (Wildman–Crippen LogP) is 3.61. The number of imide groups is 1. The van der Waals surface area contributed by atoms with Crippen LogP contribution in [0, 0.1) is 13.8 Å². The lowest BCUT2D eigenvalue weighted by atomic mass is 9.91. The monoisotopic (exact) mass is 468 g/mol. The maximum atomic E-state index is 13.0. The van der Waals surface area contributed by atoms with E-state index in [0.717, 1.165) is 30.9 Å². The van der Waals surface area contributed by atoms with Crippen LogP contribution in [0.2, 0.25) is 0 Å². The molecule has 32 heavy (non-hydrogen) atoms. The second-order valence-corrected chi connectivity index (χ2v) is 10.2. The van der Waals surface area contributed by atoms with Gasteiger partial charge in [-0.3, -0.25) is 14.5 Å². The molecule has 3 heterocycles. The summed E-state index contributed by atoms with van der Waals surface area (Å²) in [6.45, 7) is 5.71. The molecule has 1 fully saturated rings. The van der Waals surface area contributed by atoms with Crippen molar-refractivity contribution < 1.29 is 14.4 Å². The number of aromatic nitrogens is 1. The molecule has 7 nitrogen and oxygen atoms in total. The molecule has 1 aliphatic heterocycles. The van der Waals surface area contributed by atoms with Gasteiger partial charge < -0.3 is 10.6 Å². The number of hydrogen-bond acceptors (Lipinski definition) is 6. The van der Waals surface area contributed by atoms with E-state index in [1.165, 1.54) is 0 Å². The number of amides is 4. The van der Waals surface area contributed by atoms with Gasteiger partial charge in [-0.25, -0.2) is 9.78 Å². The molecule has 0 radical (unpaired) electrons. The van der Waals surface area contributed by atoms with Crippen LogP contribution in [0.3, 0.4) is 0 Å². The average Bonchev–Trinajstić information content (AvgIpc) is 3.45. The first kappa shape index (κ1) is 22.2. The van der Waals surface area contributed by atoms with Gasteiger partial charge in [-0.2, -0.15) is 0 Å². The Morgan fingerprint density at radius 2 is 1.91 bits per heavy atom. The Bertz CT molecular complexity index is 1170. The molecular formula is C23H24N4O3S2. The largest absolute Gasteiger partial charge is 0.354 e. The highest BCUT2D eigenvalue weighted by Crippen LogP contribution is 2.30. The minimum atomic E-state index is -1.17. The summed E-state index contributed by atoms with van der Waals surface area (Å²) >= 11 is 3.27. The van der Waals surface area contributed by atoms with Crippen LogP contribution in [-0.4, -0.2) is 40.8 Å². The van der Waals surface area contributed by atoms with Crippen molar-refractivity contribution in [2.45, 2.75) is 32.7 Å². The van der Waals surface area contributed by atoms with Gasteiger partial charge in [0.1, 0.15) is 12.1 Å². The van der Waals surface area contributed by atoms with E-state index in [4.69, 9.17) is 0 Å². The number of thiazole rings is 1. The van der Waals surface area contributed by atoms with E-state index in [-0.39, 0.29) is 12.5 Å². The number of carbonyl (C=O) groups is 3. The Morgan fingerprint density at radius 1 is 1.16 bits per heavy atom. The predicted molar refractivity (Wildman–Crippen MR) is 126 cm³/mol. The summed E-state index contributed by atoms with van der Waals surface area (Å²) in [5.74, 6) is -0.795. The summed E-state index contributed by atoms with van der Waals surface area (Å²) < 4.78 is 0. The van der Waals surface area contributed by atoms with Crippen LogP contribution in [-0.2, 0) is 21.5 Å². The third-order valence-electron chi connectivity index (χ3n) is 5.43. The van der Waals surface area contributed by atoms with Gasteiger partial charge in [0.15, 0.2) is 0 Å². The second kappa shape index (κ2) is 8.84. The summed E-state index contributed by atoms with van der Waals surface area (Å²) in [6, 6.07) is 10.9. The van der Waals surface area contributed by atoms with Gasteiger partial charge in [-0.1, -0.05) is 29.8 Å². The molecule has 9 heteroatoms. The summed E-state index contributed by atoms with van der Waals surface area (Å²) in [7, 11) is 0. The summed E-state index contributed by atoms with van der Waals surface area (Å²) in [5, 5.41) is 8.60. The van der Waals surface area contributed by atoms with E-state index >= 15 is 0 Å². The first-order chi connectivity index (χ1) is 15.3. The molecular weight excluding hydrogens is 444 g/mol. The van der Waals surface area contributed by atoms with Crippen LogP contribution in [0.25, 0.3) is 10.6 Å². The number of hydrogen-bond donors (Lipinski definition) is 2. The van der Waals surface area contributed by atoms with Crippen LogP contribution in [0.15, 0.2) is 41.8 Å². The zero-order chi connectivity index (χ0) is 22.9. The molecule has 0 aliphatic carbocycles. The number of nitrogens with zero attached hydrogens (tertiary/aromatic N) is 2. The number of aryl methyl sites for hydroxylation is 2. The molecule has 1 saturated heterocycles. The first-order valence-electron chi connectivity index (χ1n) is 10.3. The van der Waals surface area contributed by atoms with E-state index in [2.05, 4.69) is 15.6 Å². The van der Waals surface area contributed by atoms with Gasteiger partial charge >= 0.3 is 6.03 Å². The summed E-state index contributed by atoms with van der Waals surface area (Å²) in [5.41, 5.74) is 1.55. The van der Waals surface area contributed by atoms with E-state index in [0.29, 0.717) is 18.5 Å². The van der Waals surface area contributed by atoms with Crippen molar-refractivity contribution in [3.8, 4) is 10.6 Å². The number of carbonyl (C=O) groups excluding carboxylic acids is 3. The quantitative estimate of drug-likeness (QED) is 0.518. The fraction of sp³-hybridized carbons (Fsp3) is 0.304. The maximum Gasteiger partial charge on any atom is 0.325 e. The Morgan fingerprint density at radius 3 is 2.59 bits per heavy atom. The van der Waals surface area contributed by atoms with Gasteiger partial charge in [0, 0.05) is 16.8 Å². The van der Waals surface area contributed by atoms with Gasteiger partial charge in [0.2, 0.25) is 5.91 Å². The highest BCUT2D eigenvalue weighted by atomic mass is 32.1. The number of rotatable bonds is 7.